The van der Waals surface area contributed by atoms with Crippen molar-refractivity contribution < 1.29 is 4.74 Å². The van der Waals surface area contributed by atoms with Crippen molar-refractivity contribution in [1.29, 1.82) is 0 Å². The first kappa shape index (κ1) is 11.9. The third-order valence-electron chi connectivity index (χ3n) is 3.90. The monoisotopic (exact) mass is 294 g/mol. The topological polar surface area (TPSA) is 34.2 Å². The van der Waals surface area contributed by atoms with Gasteiger partial charge in [-0.1, -0.05) is 29.0 Å². The van der Waals surface area contributed by atoms with Gasteiger partial charge >= 0.3 is 0 Å². The van der Waals surface area contributed by atoms with E-state index in [2.05, 4.69) is 10.3 Å². The summed E-state index contributed by atoms with van der Waals surface area (Å²) < 4.78 is 6.91. The van der Waals surface area contributed by atoms with Crippen LogP contribution in [0.5, 0.6) is 0 Å². The highest BCUT2D eigenvalue weighted by Crippen LogP contribution is 2.40. The number of ether oxygens (including phenoxy) is 1. The van der Waals surface area contributed by atoms with Crippen molar-refractivity contribution in [3.63, 3.8) is 0 Å². The minimum Gasteiger partial charge on any atom is -0.376 e. The minimum absolute atomic E-state index is 0.377. The highest BCUT2D eigenvalue weighted by atomic mass is 35.5. The van der Waals surface area contributed by atoms with Crippen LogP contribution in [0.3, 0.4) is 0 Å². The van der Waals surface area contributed by atoms with Gasteiger partial charge in [0.1, 0.15) is 0 Å². The van der Waals surface area contributed by atoms with Gasteiger partial charge in [-0.3, -0.25) is 0 Å². The average molecular weight is 295 g/mol. The Kier molecular flexibility index (Phi) is 2.90. The van der Waals surface area contributed by atoms with Crippen LogP contribution in [-0.4, -0.2) is 23.7 Å². The molecule has 4 rings (SSSR count). The Morgan fingerprint density at radius 1 is 1.32 bits per heavy atom. The molecule has 0 radical (unpaired) electrons. The maximum atomic E-state index is 6.19. The Hall–Kier alpha value is -0.840. The highest BCUT2D eigenvalue weighted by Gasteiger charge is 2.40. The Morgan fingerprint density at radius 3 is 3.00 bits per heavy atom. The van der Waals surface area contributed by atoms with Gasteiger partial charge in [-0.25, -0.2) is 4.98 Å². The van der Waals surface area contributed by atoms with Gasteiger partial charge in [0.25, 0.3) is 0 Å². The summed E-state index contributed by atoms with van der Waals surface area (Å²) >= 11 is 7.83. The summed E-state index contributed by atoms with van der Waals surface area (Å²) in [4.78, 5) is 4.62. The lowest BCUT2D eigenvalue weighted by molar-refractivity contribution is 0.0898. The van der Waals surface area contributed by atoms with Gasteiger partial charge < -0.3 is 10.1 Å². The number of thiazole rings is 1. The van der Waals surface area contributed by atoms with Gasteiger partial charge in [-0.2, -0.15) is 0 Å². The van der Waals surface area contributed by atoms with Gasteiger partial charge in [-0.15, -0.1) is 0 Å². The molecule has 1 aliphatic heterocycles. The van der Waals surface area contributed by atoms with Gasteiger partial charge in [-0.05, 0) is 37.3 Å². The van der Waals surface area contributed by atoms with E-state index in [1.54, 1.807) is 11.3 Å². The fourth-order valence-electron chi connectivity index (χ4n) is 2.79. The maximum absolute atomic E-state index is 6.19. The van der Waals surface area contributed by atoms with E-state index >= 15 is 0 Å². The van der Waals surface area contributed by atoms with Crippen molar-refractivity contribution in [2.45, 2.75) is 31.4 Å². The maximum Gasteiger partial charge on any atom is 0.184 e. The molecule has 2 aliphatic rings. The number of anilines is 1. The molecule has 1 aromatic heterocycles. The average Bonchev–Trinajstić information content (AvgIpc) is 2.99. The van der Waals surface area contributed by atoms with Crippen LogP contribution in [0.4, 0.5) is 5.13 Å². The molecule has 1 saturated carbocycles. The zero-order valence-electron chi connectivity index (χ0n) is 10.4. The Labute approximate surface area is 120 Å². The number of nitrogens with one attached hydrogen (secondary N) is 1. The van der Waals surface area contributed by atoms with Crippen molar-refractivity contribution >= 4 is 38.3 Å². The molecule has 2 heterocycles. The zero-order chi connectivity index (χ0) is 12.8. The van der Waals surface area contributed by atoms with Crippen LogP contribution in [0, 0.1) is 5.92 Å². The van der Waals surface area contributed by atoms with Gasteiger partial charge in [0.15, 0.2) is 5.13 Å². The number of hydrogen-bond acceptors (Lipinski definition) is 4. The quantitative estimate of drug-likeness (QED) is 0.931. The third kappa shape index (κ3) is 2.22. The molecule has 1 N–H and O–H groups in total. The second-order valence-corrected chi connectivity index (χ2v) is 6.73. The van der Waals surface area contributed by atoms with E-state index in [-0.39, 0.29) is 0 Å². The molecule has 1 aromatic carbocycles. The number of fused-ring (bicyclic) bond motifs is 1. The second kappa shape index (κ2) is 4.62. The number of hydrogen-bond donors (Lipinski definition) is 1. The van der Waals surface area contributed by atoms with E-state index in [1.807, 2.05) is 18.2 Å². The minimum atomic E-state index is 0.377. The van der Waals surface area contributed by atoms with Gasteiger partial charge in [0, 0.05) is 6.61 Å². The van der Waals surface area contributed by atoms with E-state index in [1.165, 1.54) is 12.8 Å². The van der Waals surface area contributed by atoms with Crippen LogP contribution >= 0.6 is 22.9 Å². The molecular formula is C14H15ClN2OS. The summed E-state index contributed by atoms with van der Waals surface area (Å²) in [6.45, 7) is 0.866. The Morgan fingerprint density at radius 2 is 2.21 bits per heavy atom. The molecule has 19 heavy (non-hydrogen) atoms. The van der Waals surface area contributed by atoms with Crippen LogP contribution in [0.1, 0.15) is 19.3 Å². The molecule has 3 nitrogen and oxygen atoms in total. The molecule has 0 bridgehead atoms. The normalized spacial score (nSPS) is 27.0. The molecule has 100 valence electrons. The molecular weight excluding hydrogens is 280 g/mol. The lowest BCUT2D eigenvalue weighted by atomic mass is 10.1. The molecule has 5 heteroatoms. The first-order valence-corrected chi connectivity index (χ1v) is 7.94. The van der Waals surface area contributed by atoms with Crippen molar-refractivity contribution in [2.75, 3.05) is 11.9 Å². The van der Waals surface area contributed by atoms with Crippen molar-refractivity contribution in [2.24, 2.45) is 5.92 Å². The van der Waals surface area contributed by atoms with Gasteiger partial charge in [0.2, 0.25) is 0 Å². The molecule has 1 saturated heterocycles. The number of halogens is 1. The van der Waals surface area contributed by atoms with E-state index in [0.717, 1.165) is 39.3 Å². The van der Waals surface area contributed by atoms with Crippen molar-refractivity contribution in [1.82, 2.24) is 4.98 Å². The highest BCUT2D eigenvalue weighted by molar-refractivity contribution is 7.22. The van der Waals surface area contributed by atoms with E-state index in [4.69, 9.17) is 16.3 Å². The van der Waals surface area contributed by atoms with E-state index in [9.17, 15) is 0 Å². The molecule has 2 aromatic rings. The predicted molar refractivity (Wildman–Crippen MR) is 79.1 cm³/mol. The number of rotatable bonds is 3. The molecule has 2 atom stereocenters. The smallest absolute Gasteiger partial charge is 0.184 e. The summed E-state index contributed by atoms with van der Waals surface area (Å²) in [7, 11) is 0. The predicted octanol–water partition coefficient (Wildman–Crippen LogP) is 3.93. The zero-order valence-corrected chi connectivity index (χ0v) is 12.0. The van der Waals surface area contributed by atoms with Crippen molar-refractivity contribution in [3.05, 3.63) is 23.2 Å². The second-order valence-electron chi connectivity index (χ2n) is 5.32. The Bertz CT molecular complexity index is 611. The largest absolute Gasteiger partial charge is 0.376 e. The lowest BCUT2D eigenvalue weighted by Crippen LogP contribution is -2.30. The summed E-state index contributed by atoms with van der Waals surface area (Å²) in [5.41, 5.74) is 0.974. The lowest BCUT2D eigenvalue weighted by Gasteiger charge is -2.18. The summed E-state index contributed by atoms with van der Waals surface area (Å²) in [5, 5.41) is 5.30. The van der Waals surface area contributed by atoms with E-state index < -0.39 is 0 Å². The summed E-state index contributed by atoms with van der Waals surface area (Å²) in [6, 6.07) is 6.27. The molecule has 0 spiro atoms. The first-order chi connectivity index (χ1) is 9.31. The first-order valence-electron chi connectivity index (χ1n) is 6.74. The fourth-order valence-corrected chi connectivity index (χ4v) is 4.01. The summed E-state index contributed by atoms with van der Waals surface area (Å²) in [6.07, 6.45) is 4.08. The molecule has 1 aliphatic carbocycles. The number of aromatic nitrogens is 1. The van der Waals surface area contributed by atoms with E-state index in [0.29, 0.717) is 12.1 Å². The molecule has 2 unspecified atom stereocenters. The van der Waals surface area contributed by atoms with Crippen LogP contribution in [0.15, 0.2) is 18.2 Å². The van der Waals surface area contributed by atoms with Crippen LogP contribution in [0.25, 0.3) is 10.2 Å². The molecule has 0 amide bonds. The van der Waals surface area contributed by atoms with Crippen LogP contribution in [-0.2, 0) is 4.74 Å². The number of benzene rings is 1. The molecule has 2 fully saturated rings. The standard InChI is InChI=1S/C14H15ClN2OS/c15-9-2-1-3-11-13(9)19-14(17-11)16-10-6-7-18-12(10)8-4-5-8/h1-3,8,10,12H,4-7H2,(H,16,17). The van der Waals surface area contributed by atoms with Crippen molar-refractivity contribution in [3.8, 4) is 0 Å². The third-order valence-corrected chi connectivity index (χ3v) is 5.36. The van der Waals surface area contributed by atoms with Crippen LogP contribution in [0.2, 0.25) is 5.02 Å². The van der Waals surface area contributed by atoms with Gasteiger partial charge in [0.05, 0.1) is 27.4 Å². The fraction of sp³-hybridized carbons (Fsp3) is 0.500. The Balaban J connectivity index is 1.59. The summed E-state index contributed by atoms with van der Waals surface area (Å²) in [5.74, 6) is 0.762. The number of nitrogens with zero attached hydrogens (tertiary/aromatic N) is 1. The SMILES string of the molecule is Clc1cccc2nc(NC3CCOC3C3CC3)sc12. The van der Waals surface area contributed by atoms with Crippen LogP contribution < -0.4 is 5.32 Å².